The minimum absolute atomic E-state index is 0.153. The van der Waals surface area contributed by atoms with Crippen molar-refractivity contribution in [3.63, 3.8) is 0 Å². The molecule has 2 atom stereocenters. The number of aliphatic hydroxyl groups is 1. The van der Waals surface area contributed by atoms with Crippen molar-refractivity contribution in [1.29, 1.82) is 0 Å². The van der Waals surface area contributed by atoms with Crippen LogP contribution in [0.2, 0.25) is 5.02 Å². The summed E-state index contributed by atoms with van der Waals surface area (Å²) in [5.41, 5.74) is 0.549. The van der Waals surface area contributed by atoms with Crippen LogP contribution in [0.5, 0.6) is 0 Å². The standard InChI is InChI=1S/C15H20ClNO3S/c16-14-9-13(6-5-12(14)10-18)21(19,20)17-8-7-11-3-1-2-4-15(11)17/h5-6,9,11,15,18H,1-4,7-8,10H2. The van der Waals surface area contributed by atoms with Crippen molar-refractivity contribution in [3.05, 3.63) is 28.8 Å². The van der Waals surface area contributed by atoms with Gasteiger partial charge < -0.3 is 5.11 Å². The zero-order valence-electron chi connectivity index (χ0n) is 11.8. The fourth-order valence-electron chi connectivity index (χ4n) is 3.61. The Balaban J connectivity index is 1.91. The Labute approximate surface area is 130 Å². The molecule has 3 rings (SSSR count). The lowest BCUT2D eigenvalue weighted by Gasteiger charge is -2.31. The molecule has 0 amide bonds. The van der Waals surface area contributed by atoms with Crippen LogP contribution in [0.25, 0.3) is 0 Å². The van der Waals surface area contributed by atoms with Crippen LogP contribution in [-0.2, 0) is 16.6 Å². The Hall–Kier alpha value is -0.620. The fraction of sp³-hybridized carbons (Fsp3) is 0.600. The molecule has 1 saturated heterocycles. The van der Waals surface area contributed by atoms with Crippen molar-refractivity contribution < 1.29 is 13.5 Å². The fourth-order valence-corrected chi connectivity index (χ4v) is 5.68. The molecule has 1 aliphatic carbocycles. The van der Waals surface area contributed by atoms with Gasteiger partial charge in [0.1, 0.15) is 0 Å². The summed E-state index contributed by atoms with van der Waals surface area (Å²) in [6, 6.07) is 4.74. The molecule has 0 aromatic heterocycles. The van der Waals surface area contributed by atoms with Gasteiger partial charge >= 0.3 is 0 Å². The molecule has 1 heterocycles. The highest BCUT2D eigenvalue weighted by molar-refractivity contribution is 7.89. The molecule has 4 nitrogen and oxygen atoms in total. The van der Waals surface area contributed by atoms with Crippen LogP contribution in [0, 0.1) is 5.92 Å². The van der Waals surface area contributed by atoms with Crippen LogP contribution in [0.15, 0.2) is 23.1 Å². The summed E-state index contributed by atoms with van der Waals surface area (Å²) in [5, 5.41) is 9.44. The topological polar surface area (TPSA) is 57.6 Å². The Kier molecular flexibility index (Phi) is 4.28. The molecule has 2 unspecified atom stereocenters. The molecule has 0 radical (unpaired) electrons. The van der Waals surface area contributed by atoms with Crippen molar-refractivity contribution >= 4 is 21.6 Å². The van der Waals surface area contributed by atoms with Crippen LogP contribution in [0.4, 0.5) is 0 Å². The second-order valence-electron chi connectivity index (χ2n) is 5.93. The van der Waals surface area contributed by atoms with Gasteiger partial charge in [-0.05, 0) is 42.9 Å². The van der Waals surface area contributed by atoms with Gasteiger partial charge in [0.05, 0.1) is 11.5 Å². The van der Waals surface area contributed by atoms with E-state index in [1.54, 1.807) is 16.4 Å². The molecule has 1 saturated carbocycles. The zero-order valence-corrected chi connectivity index (χ0v) is 13.4. The van der Waals surface area contributed by atoms with Crippen LogP contribution >= 0.6 is 11.6 Å². The van der Waals surface area contributed by atoms with Gasteiger partial charge in [0.25, 0.3) is 0 Å². The van der Waals surface area contributed by atoms with E-state index in [4.69, 9.17) is 16.7 Å². The van der Waals surface area contributed by atoms with E-state index < -0.39 is 10.0 Å². The molecular formula is C15H20ClNO3S. The number of rotatable bonds is 3. The van der Waals surface area contributed by atoms with Gasteiger partial charge in [0.2, 0.25) is 10.0 Å². The van der Waals surface area contributed by atoms with Crippen LogP contribution < -0.4 is 0 Å². The van der Waals surface area contributed by atoms with Crippen LogP contribution in [0.1, 0.15) is 37.7 Å². The molecule has 1 aromatic rings. The SMILES string of the molecule is O=S(=O)(c1ccc(CO)c(Cl)c1)N1CCC2CCCCC21. The molecule has 1 aromatic carbocycles. The van der Waals surface area contributed by atoms with E-state index >= 15 is 0 Å². The van der Waals surface area contributed by atoms with E-state index in [1.165, 1.54) is 12.5 Å². The number of hydrogen-bond donors (Lipinski definition) is 1. The summed E-state index contributed by atoms with van der Waals surface area (Å²) in [6.45, 7) is 0.421. The number of nitrogens with zero attached hydrogens (tertiary/aromatic N) is 1. The summed E-state index contributed by atoms with van der Waals surface area (Å²) in [6.07, 6.45) is 5.39. The van der Waals surface area contributed by atoms with Crippen LogP contribution in [-0.4, -0.2) is 30.4 Å². The Morgan fingerprint density at radius 3 is 2.71 bits per heavy atom. The minimum Gasteiger partial charge on any atom is -0.392 e. The number of fused-ring (bicyclic) bond motifs is 1. The molecular weight excluding hydrogens is 310 g/mol. The first-order valence-corrected chi connectivity index (χ1v) is 9.27. The summed E-state index contributed by atoms with van der Waals surface area (Å²) in [4.78, 5) is 0.232. The lowest BCUT2D eigenvalue weighted by atomic mass is 9.86. The Morgan fingerprint density at radius 2 is 2.00 bits per heavy atom. The van der Waals surface area contributed by atoms with Crippen molar-refractivity contribution in [2.45, 2.75) is 49.6 Å². The molecule has 0 spiro atoms. The van der Waals surface area contributed by atoms with Gasteiger partial charge in [-0.1, -0.05) is 30.5 Å². The van der Waals surface area contributed by atoms with Crippen molar-refractivity contribution in [3.8, 4) is 0 Å². The predicted molar refractivity (Wildman–Crippen MR) is 81.6 cm³/mol. The summed E-state index contributed by atoms with van der Waals surface area (Å²) in [7, 11) is -3.49. The molecule has 21 heavy (non-hydrogen) atoms. The van der Waals surface area contributed by atoms with Gasteiger partial charge in [-0.3, -0.25) is 0 Å². The molecule has 1 N–H and O–H groups in total. The van der Waals surface area contributed by atoms with Crippen molar-refractivity contribution in [2.24, 2.45) is 5.92 Å². The molecule has 1 aliphatic heterocycles. The van der Waals surface area contributed by atoms with E-state index in [0.717, 1.165) is 25.7 Å². The quantitative estimate of drug-likeness (QED) is 0.927. The zero-order chi connectivity index (χ0) is 15.0. The Morgan fingerprint density at radius 1 is 1.24 bits per heavy atom. The first-order chi connectivity index (χ1) is 10.0. The van der Waals surface area contributed by atoms with Crippen LogP contribution in [0.3, 0.4) is 0 Å². The lowest BCUT2D eigenvalue weighted by Crippen LogP contribution is -2.39. The summed E-state index contributed by atoms with van der Waals surface area (Å²) < 4.78 is 27.4. The highest BCUT2D eigenvalue weighted by atomic mass is 35.5. The van der Waals surface area contributed by atoms with Crippen molar-refractivity contribution in [2.75, 3.05) is 6.54 Å². The highest BCUT2D eigenvalue weighted by Crippen LogP contribution is 2.39. The van der Waals surface area contributed by atoms with Crippen molar-refractivity contribution in [1.82, 2.24) is 4.31 Å². The lowest BCUT2D eigenvalue weighted by molar-refractivity contribution is 0.260. The van der Waals surface area contributed by atoms with E-state index in [1.807, 2.05) is 0 Å². The van der Waals surface area contributed by atoms with E-state index in [-0.39, 0.29) is 17.5 Å². The molecule has 116 valence electrons. The molecule has 2 fully saturated rings. The minimum atomic E-state index is -3.49. The maximum absolute atomic E-state index is 12.8. The number of hydrogen-bond acceptors (Lipinski definition) is 3. The maximum Gasteiger partial charge on any atom is 0.243 e. The van der Waals surface area contributed by atoms with Gasteiger partial charge in [-0.15, -0.1) is 0 Å². The first kappa shape index (κ1) is 15.3. The van der Waals surface area contributed by atoms with Gasteiger partial charge in [0, 0.05) is 17.6 Å². The maximum atomic E-state index is 12.8. The predicted octanol–water partition coefficient (Wildman–Crippen LogP) is 2.79. The van der Waals surface area contributed by atoms with E-state index in [2.05, 4.69) is 0 Å². The highest BCUT2D eigenvalue weighted by Gasteiger charge is 2.42. The second kappa shape index (κ2) is 5.88. The average Bonchev–Trinajstić information content (AvgIpc) is 2.91. The largest absolute Gasteiger partial charge is 0.392 e. The third-order valence-corrected chi connectivity index (χ3v) is 7.03. The number of benzene rings is 1. The number of aliphatic hydroxyl groups excluding tert-OH is 1. The summed E-state index contributed by atoms with van der Waals surface area (Å²) >= 11 is 6.04. The van der Waals surface area contributed by atoms with Gasteiger partial charge in [-0.2, -0.15) is 4.31 Å². The first-order valence-electron chi connectivity index (χ1n) is 7.45. The number of halogens is 1. The van der Waals surface area contributed by atoms with E-state index in [0.29, 0.717) is 23.0 Å². The molecule has 2 aliphatic rings. The normalized spacial score (nSPS) is 26.8. The molecule has 0 bridgehead atoms. The Bertz CT molecular complexity index is 632. The third-order valence-electron chi connectivity index (χ3n) is 4.76. The van der Waals surface area contributed by atoms with Gasteiger partial charge in [0.15, 0.2) is 0 Å². The van der Waals surface area contributed by atoms with Gasteiger partial charge in [-0.25, -0.2) is 8.42 Å². The molecule has 6 heteroatoms. The average molecular weight is 330 g/mol. The third kappa shape index (κ3) is 2.72. The van der Waals surface area contributed by atoms with E-state index in [9.17, 15) is 8.42 Å². The number of sulfonamides is 1. The monoisotopic (exact) mass is 329 g/mol. The summed E-state index contributed by atoms with van der Waals surface area (Å²) in [5.74, 6) is 0.515. The second-order valence-corrected chi connectivity index (χ2v) is 8.23. The smallest absolute Gasteiger partial charge is 0.243 e.